The molecular weight excluding hydrogens is 190 g/mol. The lowest BCUT2D eigenvalue weighted by Gasteiger charge is -2.08. The molecular formula is C11H17N3O. The molecule has 0 aromatic carbocycles. The monoisotopic (exact) mass is 207 g/mol. The zero-order valence-electron chi connectivity index (χ0n) is 9.02. The summed E-state index contributed by atoms with van der Waals surface area (Å²) in [6, 6.07) is 5.87. The van der Waals surface area contributed by atoms with E-state index in [1.54, 1.807) is 13.2 Å². The van der Waals surface area contributed by atoms with E-state index in [0.717, 1.165) is 30.0 Å². The van der Waals surface area contributed by atoms with Gasteiger partial charge in [0.25, 0.3) is 0 Å². The number of aryl methyl sites for hydroxylation is 1. The van der Waals surface area contributed by atoms with Crippen molar-refractivity contribution in [2.45, 2.75) is 25.7 Å². The number of carbonyl (C=O) groups is 1. The largest absolute Gasteiger partial charge is 0.284 e. The number of nitrogens with zero attached hydrogens (tertiary/aromatic N) is 2. The lowest BCUT2D eigenvalue weighted by atomic mass is 10.1. The highest BCUT2D eigenvalue weighted by molar-refractivity contribution is 5.75. The van der Waals surface area contributed by atoms with E-state index in [9.17, 15) is 4.79 Å². The standard InChI is InChI=1S/C11H17N3O/c1-14(12)11(15)8-3-2-6-10-7-4-5-9-13-10/h4-5,7,9H,2-3,6,8,12H2,1H3. The molecule has 1 aromatic heterocycles. The van der Waals surface area contributed by atoms with E-state index < -0.39 is 0 Å². The molecule has 0 aliphatic rings. The van der Waals surface area contributed by atoms with Crippen molar-refractivity contribution in [1.29, 1.82) is 0 Å². The van der Waals surface area contributed by atoms with Crippen molar-refractivity contribution in [2.75, 3.05) is 7.05 Å². The summed E-state index contributed by atoms with van der Waals surface area (Å²) < 4.78 is 0. The molecule has 0 aliphatic carbocycles. The topological polar surface area (TPSA) is 59.2 Å². The Morgan fingerprint density at radius 1 is 1.47 bits per heavy atom. The predicted molar refractivity (Wildman–Crippen MR) is 58.7 cm³/mol. The summed E-state index contributed by atoms with van der Waals surface area (Å²) in [5, 5.41) is 1.14. The number of carbonyl (C=O) groups excluding carboxylic acids is 1. The van der Waals surface area contributed by atoms with Gasteiger partial charge < -0.3 is 0 Å². The third kappa shape index (κ3) is 4.56. The first kappa shape index (κ1) is 11.7. The summed E-state index contributed by atoms with van der Waals surface area (Å²) in [7, 11) is 1.57. The number of hydrazine groups is 1. The molecule has 4 nitrogen and oxygen atoms in total. The molecule has 0 spiro atoms. The molecule has 15 heavy (non-hydrogen) atoms. The van der Waals surface area contributed by atoms with Gasteiger partial charge in [-0.25, -0.2) is 5.84 Å². The Hall–Kier alpha value is -1.42. The van der Waals surface area contributed by atoms with Gasteiger partial charge in [-0.1, -0.05) is 6.07 Å². The summed E-state index contributed by atoms with van der Waals surface area (Å²) in [5.74, 6) is 5.28. The number of aromatic nitrogens is 1. The Kier molecular flexibility index (Phi) is 4.77. The molecule has 82 valence electrons. The van der Waals surface area contributed by atoms with Crippen molar-refractivity contribution in [3.05, 3.63) is 30.1 Å². The van der Waals surface area contributed by atoms with Crippen molar-refractivity contribution >= 4 is 5.91 Å². The van der Waals surface area contributed by atoms with E-state index in [0.29, 0.717) is 6.42 Å². The highest BCUT2D eigenvalue weighted by Gasteiger charge is 2.03. The Morgan fingerprint density at radius 2 is 2.27 bits per heavy atom. The van der Waals surface area contributed by atoms with Gasteiger partial charge in [-0.3, -0.25) is 14.8 Å². The van der Waals surface area contributed by atoms with Crippen LogP contribution in [0.3, 0.4) is 0 Å². The van der Waals surface area contributed by atoms with Crippen LogP contribution in [0.2, 0.25) is 0 Å². The molecule has 4 heteroatoms. The second-order valence-corrected chi connectivity index (χ2v) is 3.53. The number of pyridine rings is 1. The van der Waals surface area contributed by atoms with E-state index in [1.165, 1.54) is 0 Å². The fourth-order valence-corrected chi connectivity index (χ4v) is 1.30. The van der Waals surface area contributed by atoms with E-state index in [4.69, 9.17) is 5.84 Å². The molecule has 0 saturated carbocycles. The minimum atomic E-state index is -0.0176. The summed E-state index contributed by atoms with van der Waals surface area (Å²) in [6.45, 7) is 0. The average Bonchev–Trinajstić information content (AvgIpc) is 2.25. The van der Waals surface area contributed by atoms with Crippen LogP contribution in [0.5, 0.6) is 0 Å². The zero-order valence-corrected chi connectivity index (χ0v) is 9.02. The second-order valence-electron chi connectivity index (χ2n) is 3.53. The lowest BCUT2D eigenvalue weighted by molar-refractivity contribution is -0.130. The first-order chi connectivity index (χ1) is 7.20. The minimum absolute atomic E-state index is 0.0176. The summed E-state index contributed by atoms with van der Waals surface area (Å²) in [4.78, 5) is 15.3. The van der Waals surface area contributed by atoms with Crippen LogP contribution in [-0.2, 0) is 11.2 Å². The van der Waals surface area contributed by atoms with Gasteiger partial charge >= 0.3 is 0 Å². The van der Waals surface area contributed by atoms with E-state index in [1.807, 2.05) is 18.2 Å². The Balaban J connectivity index is 2.15. The van der Waals surface area contributed by atoms with Gasteiger partial charge in [0, 0.05) is 25.4 Å². The fourth-order valence-electron chi connectivity index (χ4n) is 1.30. The SMILES string of the molecule is CN(N)C(=O)CCCCc1ccccn1. The van der Waals surface area contributed by atoms with Crippen molar-refractivity contribution < 1.29 is 4.79 Å². The van der Waals surface area contributed by atoms with Gasteiger partial charge in [0.05, 0.1) is 0 Å². The molecule has 0 unspecified atom stereocenters. The van der Waals surface area contributed by atoms with Crippen LogP contribution >= 0.6 is 0 Å². The number of amides is 1. The Labute approximate surface area is 90.1 Å². The molecule has 1 aromatic rings. The molecule has 0 atom stereocenters. The molecule has 1 heterocycles. The van der Waals surface area contributed by atoms with Crippen molar-refractivity contribution in [1.82, 2.24) is 9.99 Å². The molecule has 0 bridgehead atoms. The summed E-state index contributed by atoms with van der Waals surface area (Å²) in [5.41, 5.74) is 1.08. The minimum Gasteiger partial charge on any atom is -0.284 e. The van der Waals surface area contributed by atoms with E-state index in [-0.39, 0.29) is 5.91 Å². The maximum Gasteiger partial charge on any atom is 0.236 e. The molecule has 0 fully saturated rings. The van der Waals surface area contributed by atoms with E-state index in [2.05, 4.69) is 4.98 Å². The van der Waals surface area contributed by atoms with Gasteiger partial charge in [-0.2, -0.15) is 0 Å². The number of nitrogens with two attached hydrogens (primary N) is 1. The van der Waals surface area contributed by atoms with E-state index >= 15 is 0 Å². The smallest absolute Gasteiger partial charge is 0.236 e. The Morgan fingerprint density at radius 3 is 2.87 bits per heavy atom. The van der Waals surface area contributed by atoms with Crippen LogP contribution < -0.4 is 5.84 Å². The second kappa shape index (κ2) is 6.14. The van der Waals surface area contributed by atoms with Crippen molar-refractivity contribution in [2.24, 2.45) is 5.84 Å². The van der Waals surface area contributed by atoms with Gasteiger partial charge in [0.1, 0.15) is 0 Å². The molecule has 0 saturated heterocycles. The third-order valence-electron chi connectivity index (χ3n) is 2.19. The Bertz CT molecular complexity index is 298. The molecule has 0 aliphatic heterocycles. The normalized spacial score (nSPS) is 10.0. The maximum absolute atomic E-state index is 11.1. The van der Waals surface area contributed by atoms with Crippen molar-refractivity contribution in [3.63, 3.8) is 0 Å². The van der Waals surface area contributed by atoms with Crippen LogP contribution in [0, 0.1) is 0 Å². The number of rotatable bonds is 5. The molecule has 0 radical (unpaired) electrons. The van der Waals surface area contributed by atoms with Crippen LogP contribution in [0.25, 0.3) is 0 Å². The first-order valence-electron chi connectivity index (χ1n) is 5.11. The zero-order chi connectivity index (χ0) is 11.1. The first-order valence-corrected chi connectivity index (χ1v) is 5.11. The average molecular weight is 207 g/mol. The third-order valence-corrected chi connectivity index (χ3v) is 2.19. The molecule has 2 N–H and O–H groups in total. The highest BCUT2D eigenvalue weighted by atomic mass is 16.2. The van der Waals surface area contributed by atoms with Gasteiger partial charge in [0.15, 0.2) is 0 Å². The summed E-state index contributed by atoms with van der Waals surface area (Å²) >= 11 is 0. The maximum atomic E-state index is 11.1. The van der Waals surface area contributed by atoms with Crippen LogP contribution in [0.4, 0.5) is 0 Å². The van der Waals surface area contributed by atoms with Crippen LogP contribution in [-0.4, -0.2) is 22.9 Å². The fraction of sp³-hybridized carbons (Fsp3) is 0.455. The number of hydrogen-bond acceptors (Lipinski definition) is 3. The number of unbranched alkanes of at least 4 members (excludes halogenated alkanes) is 1. The van der Waals surface area contributed by atoms with Gasteiger partial charge in [0.2, 0.25) is 5.91 Å². The highest BCUT2D eigenvalue weighted by Crippen LogP contribution is 2.04. The lowest BCUT2D eigenvalue weighted by Crippen LogP contribution is -2.32. The van der Waals surface area contributed by atoms with Gasteiger partial charge in [-0.15, -0.1) is 0 Å². The van der Waals surface area contributed by atoms with Crippen LogP contribution in [0.15, 0.2) is 24.4 Å². The van der Waals surface area contributed by atoms with Gasteiger partial charge in [-0.05, 0) is 31.4 Å². The number of hydrogen-bond donors (Lipinski definition) is 1. The summed E-state index contributed by atoms with van der Waals surface area (Å²) in [6.07, 6.45) is 5.05. The molecule has 1 rings (SSSR count). The molecule has 1 amide bonds. The predicted octanol–water partition coefficient (Wildman–Crippen LogP) is 1.13. The van der Waals surface area contributed by atoms with Crippen LogP contribution in [0.1, 0.15) is 25.0 Å². The quantitative estimate of drug-likeness (QED) is 0.341. The van der Waals surface area contributed by atoms with Crippen molar-refractivity contribution in [3.8, 4) is 0 Å².